The van der Waals surface area contributed by atoms with E-state index in [-0.39, 0.29) is 10.7 Å². The van der Waals surface area contributed by atoms with Crippen molar-refractivity contribution < 1.29 is 18.0 Å². The summed E-state index contributed by atoms with van der Waals surface area (Å²) in [5.41, 5.74) is -0.399. The van der Waals surface area contributed by atoms with Crippen molar-refractivity contribution in [3.8, 4) is 0 Å². The van der Waals surface area contributed by atoms with Crippen molar-refractivity contribution in [1.29, 1.82) is 0 Å². The molecule has 0 saturated carbocycles. The molecule has 0 aliphatic heterocycles. The van der Waals surface area contributed by atoms with Crippen LogP contribution < -0.4 is 5.32 Å². The fraction of sp³-hybridized carbons (Fsp3) is 0.176. The van der Waals surface area contributed by atoms with Crippen LogP contribution in [0.25, 0.3) is 0 Å². The van der Waals surface area contributed by atoms with Gasteiger partial charge in [-0.15, -0.1) is 5.10 Å². The smallest absolute Gasteiger partial charge is 0.323 e. The standard InChI is InChI=1S/C17H13ClF3N5OS/c1-26-16(23-24-25-26)28-14(10-5-3-2-4-6-10)15(27)22-13-9-11(17(19,20)21)7-8-12(13)18/h2-9,14H,1H3,(H,22,27)/t14-/m1/s1. The molecule has 146 valence electrons. The summed E-state index contributed by atoms with van der Waals surface area (Å²) in [6.45, 7) is 0. The van der Waals surface area contributed by atoms with Gasteiger partial charge in [0.05, 0.1) is 16.3 Å². The third kappa shape index (κ3) is 4.63. The van der Waals surface area contributed by atoms with Gasteiger partial charge in [-0.3, -0.25) is 4.79 Å². The minimum atomic E-state index is -4.55. The number of nitrogens with one attached hydrogen (secondary N) is 1. The van der Waals surface area contributed by atoms with Crippen LogP contribution in [0.4, 0.5) is 18.9 Å². The molecule has 0 fully saturated rings. The number of anilines is 1. The SMILES string of the molecule is Cn1nnnc1S[C@@H](C(=O)Nc1cc(C(F)(F)F)ccc1Cl)c1ccccc1. The van der Waals surface area contributed by atoms with Crippen LogP contribution in [0.5, 0.6) is 0 Å². The average Bonchev–Trinajstić information content (AvgIpc) is 3.06. The van der Waals surface area contributed by atoms with E-state index in [1.165, 1.54) is 4.68 Å². The molecule has 1 aromatic heterocycles. The number of aryl methyl sites for hydroxylation is 1. The quantitative estimate of drug-likeness (QED) is 0.613. The van der Waals surface area contributed by atoms with Gasteiger partial charge in [-0.2, -0.15) is 13.2 Å². The normalized spacial score (nSPS) is 12.6. The molecule has 1 atom stereocenters. The van der Waals surface area contributed by atoms with E-state index < -0.39 is 22.9 Å². The summed E-state index contributed by atoms with van der Waals surface area (Å²) < 4.78 is 40.3. The molecule has 1 N–H and O–H groups in total. The highest BCUT2D eigenvalue weighted by molar-refractivity contribution is 8.00. The van der Waals surface area contributed by atoms with E-state index in [0.717, 1.165) is 30.0 Å². The number of hydrogen-bond acceptors (Lipinski definition) is 5. The molecular formula is C17H13ClF3N5OS. The number of hydrogen-bond donors (Lipinski definition) is 1. The van der Waals surface area contributed by atoms with Crippen LogP contribution >= 0.6 is 23.4 Å². The lowest BCUT2D eigenvalue weighted by molar-refractivity contribution is -0.137. The summed E-state index contributed by atoms with van der Waals surface area (Å²) in [6.07, 6.45) is -4.55. The molecule has 0 aliphatic carbocycles. The first-order valence-electron chi connectivity index (χ1n) is 7.87. The zero-order chi connectivity index (χ0) is 20.3. The Hall–Kier alpha value is -2.59. The van der Waals surface area contributed by atoms with Crippen molar-refractivity contribution in [2.24, 2.45) is 7.05 Å². The number of thioether (sulfide) groups is 1. The largest absolute Gasteiger partial charge is 0.416 e. The lowest BCUT2D eigenvalue weighted by Gasteiger charge is -2.17. The number of benzene rings is 2. The maximum atomic E-state index is 13.0. The predicted octanol–water partition coefficient (Wildman–Crippen LogP) is 4.35. The van der Waals surface area contributed by atoms with Crippen LogP contribution in [-0.4, -0.2) is 26.1 Å². The lowest BCUT2D eigenvalue weighted by Crippen LogP contribution is -2.20. The first-order chi connectivity index (χ1) is 13.3. The minimum absolute atomic E-state index is 0.00140. The topological polar surface area (TPSA) is 72.7 Å². The fourth-order valence-electron chi connectivity index (χ4n) is 2.32. The van der Waals surface area contributed by atoms with Crippen LogP contribution in [0.1, 0.15) is 16.4 Å². The Morgan fingerprint density at radius 2 is 1.93 bits per heavy atom. The lowest BCUT2D eigenvalue weighted by atomic mass is 10.1. The summed E-state index contributed by atoms with van der Waals surface area (Å²) in [6, 6.07) is 11.5. The van der Waals surface area contributed by atoms with Gasteiger partial charge in [-0.05, 0) is 34.2 Å². The van der Waals surface area contributed by atoms with Gasteiger partial charge in [-0.25, -0.2) is 4.68 Å². The number of alkyl halides is 3. The molecular weight excluding hydrogens is 415 g/mol. The van der Waals surface area contributed by atoms with Crippen LogP contribution in [0, 0.1) is 0 Å². The first-order valence-corrected chi connectivity index (χ1v) is 9.13. The number of halogens is 4. The van der Waals surface area contributed by atoms with Gasteiger partial charge >= 0.3 is 6.18 Å². The molecule has 3 aromatic rings. The molecule has 1 amide bonds. The number of rotatable bonds is 5. The number of nitrogens with zero attached hydrogens (tertiary/aromatic N) is 4. The van der Waals surface area contributed by atoms with E-state index in [1.807, 2.05) is 0 Å². The molecule has 0 radical (unpaired) electrons. The highest BCUT2D eigenvalue weighted by Crippen LogP contribution is 2.37. The second-order valence-electron chi connectivity index (χ2n) is 5.68. The van der Waals surface area contributed by atoms with Gasteiger partial charge in [0.15, 0.2) is 0 Å². The second-order valence-corrected chi connectivity index (χ2v) is 7.15. The molecule has 6 nitrogen and oxygen atoms in total. The number of amides is 1. The van der Waals surface area contributed by atoms with Crippen molar-refractivity contribution in [3.63, 3.8) is 0 Å². The van der Waals surface area contributed by atoms with Crippen LogP contribution in [0.3, 0.4) is 0 Å². The average molecular weight is 428 g/mol. The number of carbonyl (C=O) groups excluding carboxylic acids is 1. The van der Waals surface area contributed by atoms with Crippen molar-refractivity contribution in [2.75, 3.05) is 5.32 Å². The maximum absolute atomic E-state index is 13.0. The van der Waals surface area contributed by atoms with Crippen LogP contribution in [-0.2, 0) is 18.0 Å². The third-order valence-corrected chi connectivity index (χ3v) is 5.30. The Labute approximate surface area is 167 Å². The van der Waals surface area contributed by atoms with Gasteiger partial charge in [-0.1, -0.05) is 53.7 Å². The second kappa shape index (κ2) is 8.19. The summed E-state index contributed by atoms with van der Waals surface area (Å²) >= 11 is 7.05. The van der Waals surface area contributed by atoms with Gasteiger partial charge in [0.2, 0.25) is 11.1 Å². The van der Waals surface area contributed by atoms with E-state index in [2.05, 4.69) is 20.8 Å². The molecule has 1 heterocycles. The molecule has 0 spiro atoms. The van der Waals surface area contributed by atoms with Gasteiger partial charge < -0.3 is 5.32 Å². The third-order valence-electron chi connectivity index (χ3n) is 3.70. The molecule has 3 rings (SSSR count). The van der Waals surface area contributed by atoms with Gasteiger partial charge in [0, 0.05) is 7.05 Å². The Bertz CT molecular complexity index is 980. The number of tetrazole rings is 1. The maximum Gasteiger partial charge on any atom is 0.416 e. The zero-order valence-electron chi connectivity index (χ0n) is 14.3. The van der Waals surface area contributed by atoms with E-state index in [0.29, 0.717) is 10.7 Å². The zero-order valence-corrected chi connectivity index (χ0v) is 15.9. The Balaban J connectivity index is 1.91. The van der Waals surface area contributed by atoms with Crippen molar-refractivity contribution in [1.82, 2.24) is 20.2 Å². The van der Waals surface area contributed by atoms with Gasteiger partial charge in [0.1, 0.15) is 5.25 Å². The predicted molar refractivity (Wildman–Crippen MR) is 98.9 cm³/mol. The first kappa shape index (κ1) is 20.2. The van der Waals surface area contributed by atoms with E-state index in [4.69, 9.17) is 11.6 Å². The Morgan fingerprint density at radius 3 is 2.54 bits per heavy atom. The molecule has 11 heteroatoms. The Morgan fingerprint density at radius 1 is 1.21 bits per heavy atom. The number of aromatic nitrogens is 4. The summed E-state index contributed by atoms with van der Waals surface area (Å²) in [7, 11) is 1.62. The fourth-order valence-corrected chi connectivity index (χ4v) is 3.43. The highest BCUT2D eigenvalue weighted by atomic mass is 35.5. The van der Waals surface area contributed by atoms with Crippen molar-refractivity contribution in [3.05, 3.63) is 64.7 Å². The van der Waals surface area contributed by atoms with E-state index in [9.17, 15) is 18.0 Å². The van der Waals surface area contributed by atoms with E-state index >= 15 is 0 Å². The summed E-state index contributed by atoms with van der Waals surface area (Å²) in [5.74, 6) is -0.555. The molecule has 0 aliphatic rings. The monoisotopic (exact) mass is 427 g/mol. The highest BCUT2D eigenvalue weighted by Gasteiger charge is 2.32. The molecule has 0 saturated heterocycles. The van der Waals surface area contributed by atoms with Crippen molar-refractivity contribution >= 4 is 35.0 Å². The van der Waals surface area contributed by atoms with Crippen LogP contribution in [0.15, 0.2) is 53.7 Å². The minimum Gasteiger partial charge on any atom is -0.323 e. The van der Waals surface area contributed by atoms with Crippen LogP contribution in [0.2, 0.25) is 5.02 Å². The summed E-state index contributed by atoms with van der Waals surface area (Å²) in [5, 5.41) is 13.1. The molecule has 0 unspecified atom stereocenters. The number of carbonyl (C=O) groups is 1. The van der Waals surface area contributed by atoms with Gasteiger partial charge in [0.25, 0.3) is 0 Å². The van der Waals surface area contributed by atoms with Crippen molar-refractivity contribution in [2.45, 2.75) is 16.6 Å². The molecule has 2 aromatic carbocycles. The van der Waals surface area contributed by atoms with E-state index in [1.54, 1.807) is 37.4 Å². The molecule has 0 bridgehead atoms. The Kier molecular flexibility index (Phi) is 5.90. The molecule has 28 heavy (non-hydrogen) atoms. The summed E-state index contributed by atoms with van der Waals surface area (Å²) in [4.78, 5) is 12.9.